The predicted molar refractivity (Wildman–Crippen MR) is 47.9 cm³/mol. The van der Waals surface area contributed by atoms with E-state index in [2.05, 4.69) is 10.9 Å². The van der Waals surface area contributed by atoms with E-state index in [1.165, 1.54) is 0 Å². The minimum atomic E-state index is -0.149. The number of rotatable bonds is 2. The van der Waals surface area contributed by atoms with Gasteiger partial charge in [0, 0.05) is 5.92 Å². The number of carbonyl (C=O) groups excluding carboxylic acids is 2. The topological polar surface area (TPSA) is 67.4 Å². The van der Waals surface area contributed by atoms with Crippen LogP contribution in [0.25, 0.3) is 0 Å². The number of amides is 2. The molecule has 78 valence electrons. The summed E-state index contributed by atoms with van der Waals surface area (Å²) in [5.41, 5.74) is 4.85. The van der Waals surface area contributed by atoms with E-state index in [0.29, 0.717) is 13.2 Å². The Morgan fingerprint density at radius 3 is 1.93 bits per heavy atom. The van der Waals surface area contributed by atoms with Crippen LogP contribution in [0.2, 0.25) is 0 Å². The van der Waals surface area contributed by atoms with Gasteiger partial charge in [-0.05, 0) is 12.8 Å². The molecule has 2 rings (SSSR count). The smallest absolute Gasteiger partial charge is 0.246 e. The second-order valence-electron chi connectivity index (χ2n) is 3.84. The van der Waals surface area contributed by atoms with Crippen molar-refractivity contribution in [1.82, 2.24) is 10.9 Å². The summed E-state index contributed by atoms with van der Waals surface area (Å²) in [6.45, 7) is 0.927. The Kier molecular flexibility index (Phi) is 2.67. The molecule has 0 radical (unpaired) electrons. The third-order valence-corrected chi connectivity index (χ3v) is 2.79. The fraction of sp³-hybridized carbons (Fsp3) is 0.778. The summed E-state index contributed by atoms with van der Waals surface area (Å²) in [5.74, 6) is -0.196. The second-order valence-corrected chi connectivity index (χ2v) is 3.84. The average Bonchev–Trinajstić information content (AvgIpc) is 1.94. The molecule has 0 atom stereocenters. The van der Waals surface area contributed by atoms with Gasteiger partial charge in [-0.1, -0.05) is 6.42 Å². The Balaban J connectivity index is 1.65. The molecule has 14 heavy (non-hydrogen) atoms. The summed E-state index contributed by atoms with van der Waals surface area (Å²) < 4.78 is 4.87. The minimum Gasteiger partial charge on any atom is -0.380 e. The maximum atomic E-state index is 11.3. The van der Waals surface area contributed by atoms with E-state index in [0.717, 1.165) is 19.3 Å². The van der Waals surface area contributed by atoms with Crippen LogP contribution in [-0.4, -0.2) is 25.0 Å². The highest BCUT2D eigenvalue weighted by atomic mass is 16.5. The predicted octanol–water partition coefficient (Wildman–Crippen LogP) is -0.420. The Morgan fingerprint density at radius 1 is 1.00 bits per heavy atom. The van der Waals surface area contributed by atoms with E-state index in [1.807, 2.05) is 0 Å². The molecular weight excluding hydrogens is 184 g/mol. The third-order valence-electron chi connectivity index (χ3n) is 2.79. The molecule has 5 heteroatoms. The van der Waals surface area contributed by atoms with Gasteiger partial charge in [-0.3, -0.25) is 20.4 Å². The number of ether oxygens (including phenoxy) is 1. The number of hydrogen-bond donors (Lipinski definition) is 2. The quantitative estimate of drug-likeness (QED) is 0.592. The van der Waals surface area contributed by atoms with Crippen molar-refractivity contribution < 1.29 is 14.3 Å². The SMILES string of the molecule is O=C(NNC(=O)C1COC1)C1CCC1. The van der Waals surface area contributed by atoms with Crippen LogP contribution in [0.4, 0.5) is 0 Å². The summed E-state index contributed by atoms with van der Waals surface area (Å²) in [4.78, 5) is 22.6. The molecule has 2 amide bonds. The van der Waals surface area contributed by atoms with Gasteiger partial charge in [-0.15, -0.1) is 0 Å². The van der Waals surface area contributed by atoms with Crippen LogP contribution >= 0.6 is 0 Å². The van der Waals surface area contributed by atoms with E-state index >= 15 is 0 Å². The number of nitrogens with one attached hydrogen (secondary N) is 2. The van der Waals surface area contributed by atoms with Gasteiger partial charge in [0.2, 0.25) is 11.8 Å². The summed E-state index contributed by atoms with van der Waals surface area (Å²) in [7, 11) is 0. The van der Waals surface area contributed by atoms with E-state index in [9.17, 15) is 9.59 Å². The van der Waals surface area contributed by atoms with Crippen molar-refractivity contribution in [2.45, 2.75) is 19.3 Å². The molecule has 0 aromatic heterocycles. The van der Waals surface area contributed by atoms with Crippen molar-refractivity contribution in [3.63, 3.8) is 0 Å². The van der Waals surface area contributed by atoms with Gasteiger partial charge in [-0.25, -0.2) is 0 Å². The minimum absolute atomic E-state index is 0.0650. The highest BCUT2D eigenvalue weighted by Crippen LogP contribution is 2.25. The van der Waals surface area contributed by atoms with Crippen molar-refractivity contribution >= 4 is 11.8 Å². The first-order valence-electron chi connectivity index (χ1n) is 4.95. The Hall–Kier alpha value is -1.10. The second kappa shape index (κ2) is 3.96. The van der Waals surface area contributed by atoms with Crippen molar-refractivity contribution in [1.29, 1.82) is 0 Å². The summed E-state index contributed by atoms with van der Waals surface area (Å²) >= 11 is 0. The highest BCUT2D eigenvalue weighted by molar-refractivity contribution is 5.85. The standard InChI is InChI=1S/C9H14N2O3/c12-8(6-2-1-3-6)10-11-9(13)7-4-14-5-7/h6-7H,1-5H2,(H,10,12)(H,11,13). The number of hydrazine groups is 1. The first-order chi connectivity index (χ1) is 6.77. The van der Waals surface area contributed by atoms with Crippen molar-refractivity contribution in [2.24, 2.45) is 11.8 Å². The van der Waals surface area contributed by atoms with Crippen LogP contribution in [0.1, 0.15) is 19.3 Å². The van der Waals surface area contributed by atoms with Gasteiger partial charge in [0.05, 0.1) is 19.1 Å². The fourth-order valence-corrected chi connectivity index (χ4v) is 1.38. The molecule has 0 bridgehead atoms. The largest absolute Gasteiger partial charge is 0.380 e. The average molecular weight is 198 g/mol. The van der Waals surface area contributed by atoms with Crippen LogP contribution in [0.15, 0.2) is 0 Å². The van der Waals surface area contributed by atoms with Gasteiger partial charge < -0.3 is 4.74 Å². The molecule has 2 N–H and O–H groups in total. The lowest BCUT2D eigenvalue weighted by Crippen LogP contribution is -2.51. The first-order valence-corrected chi connectivity index (χ1v) is 4.95. The molecule has 1 saturated heterocycles. The Bertz CT molecular complexity index is 220. The zero-order valence-corrected chi connectivity index (χ0v) is 7.91. The van der Waals surface area contributed by atoms with Crippen molar-refractivity contribution in [3.05, 3.63) is 0 Å². The maximum absolute atomic E-state index is 11.3. The molecule has 1 saturated carbocycles. The van der Waals surface area contributed by atoms with Crippen LogP contribution in [0.3, 0.4) is 0 Å². The van der Waals surface area contributed by atoms with E-state index in [4.69, 9.17) is 4.74 Å². The molecule has 5 nitrogen and oxygen atoms in total. The van der Waals surface area contributed by atoms with Gasteiger partial charge in [0.25, 0.3) is 0 Å². The van der Waals surface area contributed by atoms with Crippen LogP contribution < -0.4 is 10.9 Å². The molecule has 0 unspecified atom stereocenters. The summed E-state index contributed by atoms with van der Waals surface area (Å²) in [6.07, 6.45) is 2.99. The van der Waals surface area contributed by atoms with Crippen LogP contribution in [0, 0.1) is 11.8 Å². The maximum Gasteiger partial charge on any atom is 0.246 e. The van der Waals surface area contributed by atoms with E-state index in [-0.39, 0.29) is 23.7 Å². The lowest BCUT2D eigenvalue weighted by molar-refractivity contribution is -0.143. The lowest BCUT2D eigenvalue weighted by atomic mass is 9.85. The molecule has 0 spiro atoms. The van der Waals surface area contributed by atoms with E-state index < -0.39 is 0 Å². The molecule has 1 aliphatic heterocycles. The van der Waals surface area contributed by atoms with Crippen molar-refractivity contribution in [3.8, 4) is 0 Å². The molecule has 1 heterocycles. The first kappa shape index (κ1) is 9.45. The molecule has 1 aliphatic carbocycles. The molecule has 2 fully saturated rings. The molecule has 2 aliphatic rings. The highest BCUT2D eigenvalue weighted by Gasteiger charge is 2.29. The van der Waals surface area contributed by atoms with Gasteiger partial charge >= 0.3 is 0 Å². The molecular formula is C9H14N2O3. The summed E-state index contributed by atoms with van der Waals surface area (Å²) in [5, 5.41) is 0. The van der Waals surface area contributed by atoms with E-state index in [1.54, 1.807) is 0 Å². The zero-order chi connectivity index (χ0) is 9.97. The van der Waals surface area contributed by atoms with Gasteiger partial charge in [0.1, 0.15) is 0 Å². The van der Waals surface area contributed by atoms with Gasteiger partial charge in [0.15, 0.2) is 0 Å². The third kappa shape index (κ3) is 1.87. The monoisotopic (exact) mass is 198 g/mol. The molecule has 0 aromatic carbocycles. The lowest BCUT2D eigenvalue weighted by Gasteiger charge is -2.27. The van der Waals surface area contributed by atoms with Crippen LogP contribution in [0.5, 0.6) is 0 Å². The zero-order valence-electron chi connectivity index (χ0n) is 7.91. The van der Waals surface area contributed by atoms with Gasteiger partial charge in [-0.2, -0.15) is 0 Å². The fourth-order valence-electron chi connectivity index (χ4n) is 1.38. The molecule has 0 aromatic rings. The van der Waals surface area contributed by atoms with Crippen molar-refractivity contribution in [2.75, 3.05) is 13.2 Å². The summed E-state index contributed by atoms with van der Waals surface area (Å²) in [6, 6.07) is 0. The number of hydrogen-bond acceptors (Lipinski definition) is 3. The van der Waals surface area contributed by atoms with Crippen LogP contribution in [-0.2, 0) is 14.3 Å². The Morgan fingerprint density at radius 2 is 1.57 bits per heavy atom. The normalized spacial score (nSPS) is 22.0. The number of carbonyl (C=O) groups is 2. The Labute approximate surface area is 82.2 Å².